The first-order chi connectivity index (χ1) is 17.3. The van der Waals surface area contributed by atoms with Crippen LogP contribution in [0.15, 0.2) is 35.3 Å². The molecule has 36 heavy (non-hydrogen) atoms. The third-order valence-corrected chi connectivity index (χ3v) is 6.81. The Kier molecular flexibility index (Phi) is 7.98. The highest BCUT2D eigenvalue weighted by molar-refractivity contribution is 6.32. The van der Waals surface area contributed by atoms with Gasteiger partial charge in [0.05, 0.1) is 11.7 Å². The van der Waals surface area contributed by atoms with Crippen molar-refractivity contribution < 1.29 is 9.53 Å². The minimum Gasteiger partial charge on any atom is -0.478 e. The van der Waals surface area contributed by atoms with Crippen molar-refractivity contribution in [1.29, 1.82) is 0 Å². The van der Waals surface area contributed by atoms with Gasteiger partial charge in [-0.05, 0) is 56.9 Å². The molecule has 0 bridgehead atoms. The van der Waals surface area contributed by atoms with E-state index in [1.54, 1.807) is 16.8 Å². The Labute approximate surface area is 215 Å². The van der Waals surface area contributed by atoms with Crippen LogP contribution in [0, 0.1) is 5.92 Å². The summed E-state index contributed by atoms with van der Waals surface area (Å²) in [6.45, 7) is 7.72. The first-order valence-electron chi connectivity index (χ1n) is 12.4. The van der Waals surface area contributed by atoms with E-state index in [1.807, 2.05) is 32.0 Å². The van der Waals surface area contributed by atoms with E-state index in [2.05, 4.69) is 27.4 Å². The second-order valence-electron chi connectivity index (χ2n) is 9.37. The highest BCUT2D eigenvalue weighted by atomic mass is 35.5. The van der Waals surface area contributed by atoms with Crippen LogP contribution in [0.5, 0.6) is 5.75 Å². The maximum Gasteiger partial charge on any atom is 0.293 e. The van der Waals surface area contributed by atoms with Gasteiger partial charge in [0.25, 0.3) is 11.5 Å². The lowest BCUT2D eigenvalue weighted by atomic mass is 9.96. The van der Waals surface area contributed by atoms with Crippen molar-refractivity contribution in [2.24, 2.45) is 5.92 Å². The summed E-state index contributed by atoms with van der Waals surface area (Å²) >= 11 is 6.45. The fraction of sp³-hybridized carbons (Fsp3) is 0.462. The lowest BCUT2D eigenvalue weighted by Gasteiger charge is -2.32. The van der Waals surface area contributed by atoms with Gasteiger partial charge in [-0.3, -0.25) is 9.59 Å². The zero-order valence-electron chi connectivity index (χ0n) is 21.2. The van der Waals surface area contributed by atoms with Crippen LogP contribution in [0.3, 0.4) is 0 Å². The van der Waals surface area contributed by atoms with Gasteiger partial charge in [0.15, 0.2) is 18.2 Å². The number of hydrogen-bond acceptors (Lipinski definition) is 7. The third-order valence-electron chi connectivity index (χ3n) is 6.53. The molecule has 1 aromatic carbocycles. The summed E-state index contributed by atoms with van der Waals surface area (Å²) < 4.78 is 7.21. The number of halogens is 1. The molecule has 2 aromatic heterocycles. The SMILES string of the molecule is CCC1CCCN(c2ncc(Cl)c(Nc3ccc4c(c3)cc(OCC(=O)NC)c(=O)n4C(C)C)n2)C1. The number of carbonyl (C=O) groups is 1. The number of amides is 1. The predicted octanol–water partition coefficient (Wildman–Crippen LogP) is 4.52. The van der Waals surface area contributed by atoms with Gasteiger partial charge in [0, 0.05) is 37.3 Å². The molecule has 1 aliphatic heterocycles. The van der Waals surface area contributed by atoms with E-state index in [-0.39, 0.29) is 29.9 Å². The number of pyridine rings is 1. The predicted molar refractivity (Wildman–Crippen MR) is 144 cm³/mol. The molecule has 2 N–H and O–H groups in total. The summed E-state index contributed by atoms with van der Waals surface area (Å²) in [7, 11) is 1.52. The lowest BCUT2D eigenvalue weighted by Crippen LogP contribution is -2.36. The number of nitrogens with one attached hydrogen (secondary N) is 2. The summed E-state index contributed by atoms with van der Waals surface area (Å²) in [5, 5.41) is 7.01. The number of likely N-dealkylation sites (N-methyl/N-ethyl adjacent to an activating group) is 1. The molecule has 0 aliphatic carbocycles. The molecule has 1 atom stereocenters. The van der Waals surface area contributed by atoms with Crippen molar-refractivity contribution >= 4 is 45.9 Å². The van der Waals surface area contributed by atoms with Gasteiger partial charge < -0.3 is 24.8 Å². The van der Waals surface area contributed by atoms with Crippen molar-refractivity contribution in [2.45, 2.75) is 46.1 Å². The maximum atomic E-state index is 13.0. The van der Waals surface area contributed by atoms with E-state index >= 15 is 0 Å². The van der Waals surface area contributed by atoms with Crippen molar-refractivity contribution in [1.82, 2.24) is 19.9 Å². The van der Waals surface area contributed by atoms with E-state index < -0.39 is 0 Å². The molecular formula is C26H33ClN6O3. The fourth-order valence-corrected chi connectivity index (χ4v) is 4.68. The molecule has 3 heterocycles. The zero-order chi connectivity index (χ0) is 25.8. The second-order valence-corrected chi connectivity index (χ2v) is 9.77. The Bertz CT molecular complexity index is 1310. The number of fused-ring (bicyclic) bond motifs is 1. The molecule has 1 amide bonds. The number of rotatable bonds is 8. The molecule has 9 nitrogen and oxygen atoms in total. The Morgan fingerprint density at radius 1 is 1.31 bits per heavy atom. The van der Waals surface area contributed by atoms with Gasteiger partial charge in [-0.2, -0.15) is 4.98 Å². The minimum atomic E-state index is -0.311. The Morgan fingerprint density at radius 2 is 2.11 bits per heavy atom. The largest absolute Gasteiger partial charge is 0.478 e. The van der Waals surface area contributed by atoms with Crippen LogP contribution in [0.25, 0.3) is 10.9 Å². The monoisotopic (exact) mass is 512 g/mol. The molecule has 1 fully saturated rings. The Morgan fingerprint density at radius 3 is 2.83 bits per heavy atom. The first kappa shape index (κ1) is 25.8. The van der Waals surface area contributed by atoms with Crippen LogP contribution in [0.1, 0.15) is 46.1 Å². The van der Waals surface area contributed by atoms with Crippen molar-refractivity contribution in [3.05, 3.63) is 45.8 Å². The Hall–Kier alpha value is -3.33. The van der Waals surface area contributed by atoms with Crippen LogP contribution in [-0.2, 0) is 4.79 Å². The number of carbonyl (C=O) groups excluding carboxylic acids is 1. The van der Waals surface area contributed by atoms with Gasteiger partial charge in [-0.25, -0.2) is 4.98 Å². The molecule has 4 rings (SSSR count). The van der Waals surface area contributed by atoms with Gasteiger partial charge in [-0.15, -0.1) is 0 Å². The number of anilines is 3. The average molecular weight is 513 g/mol. The number of ether oxygens (including phenoxy) is 1. The van der Waals surface area contributed by atoms with E-state index in [0.717, 1.165) is 42.5 Å². The molecule has 1 unspecified atom stereocenters. The van der Waals surface area contributed by atoms with Crippen LogP contribution in [0.2, 0.25) is 5.02 Å². The van der Waals surface area contributed by atoms with E-state index in [1.165, 1.54) is 13.5 Å². The molecule has 0 radical (unpaired) electrons. The van der Waals surface area contributed by atoms with Gasteiger partial charge >= 0.3 is 0 Å². The highest BCUT2D eigenvalue weighted by Crippen LogP contribution is 2.30. The minimum absolute atomic E-state index is 0.0993. The topological polar surface area (TPSA) is 101 Å². The van der Waals surface area contributed by atoms with Crippen LogP contribution >= 0.6 is 11.6 Å². The van der Waals surface area contributed by atoms with Crippen molar-refractivity contribution in [2.75, 3.05) is 37.0 Å². The normalized spacial score (nSPS) is 15.8. The van der Waals surface area contributed by atoms with E-state index in [0.29, 0.717) is 22.7 Å². The van der Waals surface area contributed by atoms with E-state index in [9.17, 15) is 9.59 Å². The van der Waals surface area contributed by atoms with Gasteiger partial charge in [-0.1, -0.05) is 24.9 Å². The molecule has 192 valence electrons. The summed E-state index contributed by atoms with van der Waals surface area (Å²) in [5.41, 5.74) is 1.24. The molecule has 0 saturated carbocycles. The van der Waals surface area contributed by atoms with Gasteiger partial charge in [0.1, 0.15) is 5.02 Å². The standard InChI is InChI=1S/C26H33ClN6O3/c1-5-17-7-6-10-32(14-17)26-29-13-20(27)24(31-26)30-19-8-9-21-18(11-19)12-22(36-15-23(34)28-4)25(35)33(21)16(2)3/h8-9,11-13,16-17H,5-7,10,14-15H2,1-4H3,(H,28,34)(H,29,30,31). The average Bonchev–Trinajstić information content (AvgIpc) is 2.88. The second kappa shape index (κ2) is 11.2. The van der Waals surface area contributed by atoms with Gasteiger partial charge in [0.2, 0.25) is 5.95 Å². The fourth-order valence-electron chi connectivity index (χ4n) is 4.54. The highest BCUT2D eigenvalue weighted by Gasteiger charge is 2.21. The summed E-state index contributed by atoms with van der Waals surface area (Å²) in [6, 6.07) is 7.24. The number of hydrogen-bond donors (Lipinski definition) is 2. The smallest absolute Gasteiger partial charge is 0.293 e. The number of aromatic nitrogens is 3. The Balaban J connectivity index is 1.66. The van der Waals surface area contributed by atoms with E-state index in [4.69, 9.17) is 21.3 Å². The van der Waals surface area contributed by atoms with Crippen LogP contribution in [-0.4, -0.2) is 47.2 Å². The molecular weight excluding hydrogens is 480 g/mol. The van der Waals surface area contributed by atoms with Crippen molar-refractivity contribution in [3.63, 3.8) is 0 Å². The molecule has 1 aliphatic rings. The van der Waals surface area contributed by atoms with Crippen LogP contribution in [0.4, 0.5) is 17.5 Å². The molecule has 3 aromatic rings. The van der Waals surface area contributed by atoms with Crippen molar-refractivity contribution in [3.8, 4) is 5.75 Å². The first-order valence-corrected chi connectivity index (χ1v) is 12.8. The summed E-state index contributed by atoms with van der Waals surface area (Å²) in [4.78, 5) is 36.1. The zero-order valence-corrected chi connectivity index (χ0v) is 21.9. The summed E-state index contributed by atoms with van der Waals surface area (Å²) in [5.74, 6) is 1.64. The number of piperidine rings is 1. The molecule has 0 spiro atoms. The number of benzene rings is 1. The lowest BCUT2D eigenvalue weighted by molar-refractivity contribution is -0.122. The summed E-state index contributed by atoms with van der Waals surface area (Å²) in [6.07, 6.45) is 5.13. The third kappa shape index (κ3) is 5.56. The number of nitrogens with zero attached hydrogens (tertiary/aromatic N) is 4. The quantitative estimate of drug-likeness (QED) is 0.457. The maximum absolute atomic E-state index is 13.0. The molecule has 1 saturated heterocycles. The molecule has 10 heteroatoms. The van der Waals surface area contributed by atoms with Crippen LogP contribution < -0.4 is 25.8 Å².